The summed E-state index contributed by atoms with van der Waals surface area (Å²) in [7, 11) is 0. The zero-order chi connectivity index (χ0) is 13.2. The summed E-state index contributed by atoms with van der Waals surface area (Å²) in [6.07, 6.45) is 4.51. The molecule has 18 heavy (non-hydrogen) atoms. The van der Waals surface area contributed by atoms with Crippen LogP contribution in [0.15, 0.2) is 16.7 Å². The largest absolute Gasteiger partial charge is 0.481 e. The van der Waals surface area contributed by atoms with Crippen LogP contribution >= 0.6 is 0 Å². The molecule has 2 N–H and O–H groups in total. The third-order valence-electron chi connectivity index (χ3n) is 3.67. The summed E-state index contributed by atoms with van der Waals surface area (Å²) < 4.78 is 5.08. The lowest BCUT2D eigenvalue weighted by atomic mass is 9.86. The molecule has 1 saturated carbocycles. The van der Waals surface area contributed by atoms with Crippen LogP contribution < -0.4 is 5.32 Å². The minimum absolute atomic E-state index is 0.168. The second kappa shape index (κ2) is 4.84. The van der Waals surface area contributed by atoms with Gasteiger partial charge in [0.2, 0.25) is 0 Å². The molecule has 0 radical (unpaired) electrons. The number of carbonyl (C=O) groups excluding carboxylic acids is 1. The van der Waals surface area contributed by atoms with Crippen molar-refractivity contribution in [3.05, 3.63) is 23.7 Å². The fourth-order valence-electron chi connectivity index (χ4n) is 2.45. The lowest BCUT2D eigenvalue weighted by molar-refractivity contribution is -0.148. The van der Waals surface area contributed by atoms with Crippen molar-refractivity contribution in [1.82, 2.24) is 5.32 Å². The molecule has 1 heterocycles. The van der Waals surface area contributed by atoms with E-state index in [1.165, 1.54) is 6.26 Å². The van der Waals surface area contributed by atoms with E-state index in [-0.39, 0.29) is 18.2 Å². The van der Waals surface area contributed by atoms with Gasteiger partial charge in [0.1, 0.15) is 0 Å². The first kappa shape index (κ1) is 12.7. The maximum atomic E-state index is 11.9. The highest BCUT2D eigenvalue weighted by Crippen LogP contribution is 2.37. The molecule has 0 bridgehead atoms. The van der Waals surface area contributed by atoms with Gasteiger partial charge in [-0.25, -0.2) is 0 Å². The SMILES string of the molecule is Cc1ccoc1C(=O)NCC1(C(=O)O)CCCC1. The smallest absolute Gasteiger partial charge is 0.311 e. The van der Waals surface area contributed by atoms with E-state index in [4.69, 9.17) is 4.42 Å². The Kier molecular flexibility index (Phi) is 3.41. The van der Waals surface area contributed by atoms with Gasteiger partial charge < -0.3 is 14.8 Å². The summed E-state index contributed by atoms with van der Waals surface area (Å²) in [5.41, 5.74) is -0.0424. The van der Waals surface area contributed by atoms with E-state index in [9.17, 15) is 14.7 Å². The quantitative estimate of drug-likeness (QED) is 0.857. The highest BCUT2D eigenvalue weighted by atomic mass is 16.4. The molecule has 2 rings (SSSR count). The van der Waals surface area contributed by atoms with Crippen molar-refractivity contribution in [1.29, 1.82) is 0 Å². The fraction of sp³-hybridized carbons (Fsp3) is 0.538. The van der Waals surface area contributed by atoms with Crippen molar-refractivity contribution in [3.63, 3.8) is 0 Å². The van der Waals surface area contributed by atoms with E-state index in [1.807, 2.05) is 0 Å². The van der Waals surface area contributed by atoms with Crippen LogP contribution in [0.4, 0.5) is 0 Å². The first-order chi connectivity index (χ1) is 8.55. The first-order valence-electron chi connectivity index (χ1n) is 6.11. The van der Waals surface area contributed by atoms with Crippen LogP contribution in [0.25, 0.3) is 0 Å². The molecule has 0 aliphatic heterocycles. The topological polar surface area (TPSA) is 79.5 Å². The molecule has 5 heteroatoms. The Morgan fingerprint density at radius 2 is 2.11 bits per heavy atom. The van der Waals surface area contributed by atoms with Gasteiger partial charge in [-0.2, -0.15) is 0 Å². The molecular formula is C13H17NO4. The highest BCUT2D eigenvalue weighted by molar-refractivity contribution is 5.93. The van der Waals surface area contributed by atoms with Gasteiger partial charge in [0, 0.05) is 12.1 Å². The number of aryl methyl sites for hydroxylation is 1. The molecule has 1 amide bonds. The average Bonchev–Trinajstić information content (AvgIpc) is 2.95. The second-order valence-electron chi connectivity index (χ2n) is 4.91. The number of furan rings is 1. The monoisotopic (exact) mass is 251 g/mol. The molecule has 1 aliphatic rings. The molecule has 98 valence electrons. The number of amides is 1. The standard InChI is InChI=1S/C13H17NO4/c1-9-4-7-18-10(9)11(15)14-8-13(12(16)17)5-2-3-6-13/h4,7H,2-3,5-6,8H2,1H3,(H,14,15)(H,16,17). The molecule has 0 unspecified atom stereocenters. The Hall–Kier alpha value is -1.78. The summed E-state index contributed by atoms with van der Waals surface area (Å²) in [6.45, 7) is 1.95. The molecule has 0 saturated heterocycles. The van der Waals surface area contributed by atoms with E-state index >= 15 is 0 Å². The number of aliphatic carboxylic acids is 1. The van der Waals surface area contributed by atoms with Crippen LogP contribution in [-0.4, -0.2) is 23.5 Å². The molecule has 0 atom stereocenters. The zero-order valence-electron chi connectivity index (χ0n) is 10.4. The van der Waals surface area contributed by atoms with Gasteiger partial charge in [-0.3, -0.25) is 9.59 Å². The number of carboxylic acid groups (broad SMARTS) is 1. The number of carbonyl (C=O) groups is 2. The lowest BCUT2D eigenvalue weighted by Crippen LogP contribution is -2.41. The van der Waals surface area contributed by atoms with Gasteiger partial charge in [0.25, 0.3) is 5.91 Å². The van der Waals surface area contributed by atoms with Crippen molar-refractivity contribution < 1.29 is 19.1 Å². The molecule has 1 aliphatic carbocycles. The molecule has 0 spiro atoms. The molecular weight excluding hydrogens is 234 g/mol. The molecule has 1 fully saturated rings. The van der Waals surface area contributed by atoms with E-state index in [2.05, 4.69) is 5.32 Å². The third-order valence-corrected chi connectivity index (χ3v) is 3.67. The average molecular weight is 251 g/mol. The van der Waals surface area contributed by atoms with Crippen molar-refractivity contribution in [2.45, 2.75) is 32.6 Å². The summed E-state index contributed by atoms with van der Waals surface area (Å²) in [4.78, 5) is 23.2. The minimum Gasteiger partial charge on any atom is -0.481 e. The van der Waals surface area contributed by atoms with E-state index in [0.29, 0.717) is 12.8 Å². The first-order valence-corrected chi connectivity index (χ1v) is 6.11. The van der Waals surface area contributed by atoms with Crippen molar-refractivity contribution in [3.8, 4) is 0 Å². The molecule has 1 aromatic heterocycles. The molecule has 0 aromatic carbocycles. The Labute approximate surface area is 105 Å². The van der Waals surface area contributed by atoms with Gasteiger partial charge in [-0.05, 0) is 25.8 Å². The minimum atomic E-state index is -0.823. The number of nitrogens with one attached hydrogen (secondary N) is 1. The van der Waals surface area contributed by atoms with E-state index < -0.39 is 11.4 Å². The number of hydrogen-bond acceptors (Lipinski definition) is 3. The maximum absolute atomic E-state index is 11.9. The fourth-order valence-corrected chi connectivity index (χ4v) is 2.45. The Morgan fingerprint density at radius 3 is 2.61 bits per heavy atom. The summed E-state index contributed by atoms with van der Waals surface area (Å²) in [5.74, 6) is -0.907. The Bertz CT molecular complexity index is 457. The highest BCUT2D eigenvalue weighted by Gasteiger charge is 2.41. The summed E-state index contributed by atoms with van der Waals surface area (Å²) >= 11 is 0. The predicted octanol–water partition coefficient (Wildman–Crippen LogP) is 1.96. The van der Waals surface area contributed by atoms with Gasteiger partial charge >= 0.3 is 5.97 Å². The lowest BCUT2D eigenvalue weighted by Gasteiger charge is -2.23. The predicted molar refractivity (Wildman–Crippen MR) is 64.3 cm³/mol. The number of rotatable bonds is 4. The van der Waals surface area contributed by atoms with Crippen LogP contribution in [-0.2, 0) is 4.79 Å². The van der Waals surface area contributed by atoms with Gasteiger partial charge in [-0.15, -0.1) is 0 Å². The van der Waals surface area contributed by atoms with Crippen LogP contribution in [0.3, 0.4) is 0 Å². The van der Waals surface area contributed by atoms with E-state index in [1.54, 1.807) is 13.0 Å². The van der Waals surface area contributed by atoms with E-state index in [0.717, 1.165) is 18.4 Å². The Morgan fingerprint density at radius 1 is 1.44 bits per heavy atom. The molecule has 5 nitrogen and oxygen atoms in total. The summed E-state index contributed by atoms with van der Waals surface area (Å²) in [6, 6.07) is 1.71. The normalized spacial score (nSPS) is 17.6. The zero-order valence-corrected chi connectivity index (χ0v) is 10.4. The third kappa shape index (κ3) is 2.25. The van der Waals surface area contributed by atoms with Crippen molar-refractivity contribution in [2.24, 2.45) is 5.41 Å². The number of hydrogen-bond donors (Lipinski definition) is 2. The summed E-state index contributed by atoms with van der Waals surface area (Å²) in [5, 5.41) is 12.0. The number of carboxylic acids is 1. The van der Waals surface area contributed by atoms with Gasteiger partial charge in [0.05, 0.1) is 11.7 Å². The maximum Gasteiger partial charge on any atom is 0.311 e. The van der Waals surface area contributed by atoms with Crippen molar-refractivity contribution in [2.75, 3.05) is 6.54 Å². The second-order valence-corrected chi connectivity index (χ2v) is 4.91. The van der Waals surface area contributed by atoms with Crippen LogP contribution in [0.1, 0.15) is 41.8 Å². The molecule has 1 aromatic rings. The van der Waals surface area contributed by atoms with Crippen LogP contribution in [0, 0.1) is 12.3 Å². The van der Waals surface area contributed by atoms with Gasteiger partial charge in [-0.1, -0.05) is 12.8 Å². The Balaban J connectivity index is 2.01. The van der Waals surface area contributed by atoms with Gasteiger partial charge in [0.15, 0.2) is 5.76 Å². The van der Waals surface area contributed by atoms with Crippen LogP contribution in [0.2, 0.25) is 0 Å². The van der Waals surface area contributed by atoms with Crippen molar-refractivity contribution >= 4 is 11.9 Å². The van der Waals surface area contributed by atoms with Crippen LogP contribution in [0.5, 0.6) is 0 Å².